The lowest BCUT2D eigenvalue weighted by atomic mass is 10.0. The molecule has 0 rings (SSSR count). The zero-order chi connectivity index (χ0) is 43.5. The van der Waals surface area contributed by atoms with E-state index in [-0.39, 0.29) is 12.5 Å². The molecule has 3 N–H and O–H groups in total. The summed E-state index contributed by atoms with van der Waals surface area (Å²) in [6, 6.07) is -0.634. The van der Waals surface area contributed by atoms with Crippen molar-refractivity contribution in [2.75, 3.05) is 6.61 Å². The number of carbonyl (C=O) groups is 1. The van der Waals surface area contributed by atoms with Crippen molar-refractivity contribution in [2.45, 2.75) is 321 Å². The van der Waals surface area contributed by atoms with E-state index >= 15 is 0 Å². The molecule has 0 bridgehead atoms. The maximum Gasteiger partial charge on any atom is 0.220 e. The van der Waals surface area contributed by atoms with Gasteiger partial charge in [-0.15, -0.1) is 0 Å². The minimum absolute atomic E-state index is 0.0697. The van der Waals surface area contributed by atoms with E-state index < -0.39 is 12.1 Å². The normalized spacial score (nSPS) is 12.9. The number of allylic oxidation sites excluding steroid dienone is 3. The molecule has 0 heterocycles. The monoisotopic (exact) mass is 844 g/mol. The Morgan fingerprint density at radius 2 is 0.650 bits per heavy atom. The fourth-order valence-electron chi connectivity index (χ4n) is 8.73. The van der Waals surface area contributed by atoms with Gasteiger partial charge in [0.05, 0.1) is 18.8 Å². The lowest BCUT2D eigenvalue weighted by molar-refractivity contribution is -0.123. The molecule has 2 unspecified atom stereocenters. The van der Waals surface area contributed by atoms with Gasteiger partial charge in [0, 0.05) is 6.42 Å². The predicted octanol–water partition coefficient (Wildman–Crippen LogP) is 17.9. The van der Waals surface area contributed by atoms with Crippen molar-refractivity contribution in [1.82, 2.24) is 5.32 Å². The molecule has 60 heavy (non-hydrogen) atoms. The van der Waals surface area contributed by atoms with Crippen LogP contribution in [0.25, 0.3) is 0 Å². The predicted molar refractivity (Wildman–Crippen MR) is 267 cm³/mol. The number of aliphatic hydroxyl groups is 2. The fraction of sp³-hybridized carbons (Fsp3) is 0.911. The van der Waals surface area contributed by atoms with Crippen LogP contribution in [0.1, 0.15) is 309 Å². The highest BCUT2D eigenvalue weighted by Gasteiger charge is 2.18. The Kier molecular flexibility index (Phi) is 51.2. The Morgan fingerprint density at radius 3 is 0.967 bits per heavy atom. The summed E-state index contributed by atoms with van der Waals surface area (Å²) in [6.45, 7) is 4.30. The van der Waals surface area contributed by atoms with Crippen LogP contribution in [0, 0.1) is 0 Å². The maximum absolute atomic E-state index is 12.4. The Labute approximate surface area is 377 Å². The van der Waals surface area contributed by atoms with E-state index in [2.05, 4.69) is 31.3 Å². The van der Waals surface area contributed by atoms with Crippen LogP contribution in [0.5, 0.6) is 0 Å². The van der Waals surface area contributed by atoms with Crippen LogP contribution in [0.2, 0.25) is 0 Å². The number of aliphatic hydroxyl groups excluding tert-OH is 2. The summed E-state index contributed by atoms with van der Waals surface area (Å²) in [6.07, 6.45) is 69.4. The van der Waals surface area contributed by atoms with Crippen LogP contribution in [0.3, 0.4) is 0 Å². The van der Waals surface area contributed by atoms with Crippen LogP contribution >= 0.6 is 0 Å². The van der Waals surface area contributed by atoms with Crippen LogP contribution in [0.15, 0.2) is 24.3 Å². The maximum atomic E-state index is 12.4. The minimum Gasteiger partial charge on any atom is -0.394 e. The molecular weight excluding hydrogens is 735 g/mol. The van der Waals surface area contributed by atoms with E-state index in [9.17, 15) is 15.0 Å². The van der Waals surface area contributed by atoms with Gasteiger partial charge < -0.3 is 15.5 Å². The molecule has 0 aromatic carbocycles. The average molecular weight is 844 g/mol. The van der Waals surface area contributed by atoms with Crippen molar-refractivity contribution >= 4 is 5.91 Å². The first-order chi connectivity index (χ1) is 29.7. The highest BCUT2D eigenvalue weighted by Crippen LogP contribution is 2.18. The summed E-state index contributed by atoms with van der Waals surface area (Å²) < 4.78 is 0. The molecule has 0 spiro atoms. The standard InChI is InChI=1S/C56H109NO3/c1-3-5-7-9-11-13-15-16-17-18-19-20-21-22-23-24-25-26-27-28-29-30-31-32-33-34-35-36-37-38-39-40-42-44-46-48-50-52-56(60)57-54(53-58)55(59)51-49-47-45-43-41-14-12-10-8-6-4-2/h41,43,49,51,54-55,58-59H,3-40,42,44-48,50,52-53H2,1-2H3,(H,57,60)/b43-41+,51-49+. The summed E-state index contributed by atoms with van der Waals surface area (Å²) in [5.74, 6) is -0.0697. The van der Waals surface area contributed by atoms with Gasteiger partial charge in [-0.05, 0) is 32.1 Å². The van der Waals surface area contributed by atoms with E-state index in [1.54, 1.807) is 6.08 Å². The summed E-state index contributed by atoms with van der Waals surface area (Å²) >= 11 is 0. The van der Waals surface area contributed by atoms with Crippen LogP contribution in [0.4, 0.5) is 0 Å². The van der Waals surface area contributed by atoms with Crippen molar-refractivity contribution < 1.29 is 15.0 Å². The molecule has 2 atom stereocenters. The second kappa shape index (κ2) is 52.2. The lowest BCUT2D eigenvalue weighted by Gasteiger charge is -2.19. The number of amides is 1. The SMILES string of the molecule is CCCCCCC/C=C/CC/C=C/C(O)C(CO)NC(=O)CCCCCCCCCCCCCCCCCCCCCCCCCCCCCCCCCCCCCCC. The third-order valence-corrected chi connectivity index (χ3v) is 12.9. The van der Waals surface area contributed by atoms with Crippen LogP contribution in [-0.4, -0.2) is 34.9 Å². The van der Waals surface area contributed by atoms with E-state index in [4.69, 9.17) is 0 Å². The highest BCUT2D eigenvalue weighted by molar-refractivity contribution is 5.76. The molecule has 0 aliphatic heterocycles. The van der Waals surface area contributed by atoms with Gasteiger partial charge >= 0.3 is 0 Å². The molecule has 0 saturated carbocycles. The van der Waals surface area contributed by atoms with Crippen molar-refractivity contribution in [3.63, 3.8) is 0 Å². The van der Waals surface area contributed by atoms with Gasteiger partial charge in [-0.1, -0.05) is 295 Å². The topological polar surface area (TPSA) is 69.6 Å². The zero-order valence-corrected chi connectivity index (χ0v) is 41.0. The Morgan fingerprint density at radius 1 is 0.383 bits per heavy atom. The van der Waals surface area contributed by atoms with E-state index in [1.165, 1.54) is 257 Å². The molecule has 4 nitrogen and oxygen atoms in total. The largest absolute Gasteiger partial charge is 0.394 e. The second-order valence-electron chi connectivity index (χ2n) is 19.0. The zero-order valence-electron chi connectivity index (χ0n) is 41.0. The van der Waals surface area contributed by atoms with E-state index in [1.807, 2.05) is 6.08 Å². The lowest BCUT2D eigenvalue weighted by Crippen LogP contribution is -2.45. The van der Waals surface area contributed by atoms with Crippen LogP contribution < -0.4 is 5.32 Å². The fourth-order valence-corrected chi connectivity index (χ4v) is 8.73. The van der Waals surface area contributed by atoms with Gasteiger partial charge in [0.25, 0.3) is 0 Å². The molecule has 356 valence electrons. The van der Waals surface area contributed by atoms with Gasteiger partial charge in [-0.2, -0.15) is 0 Å². The number of nitrogens with one attached hydrogen (secondary N) is 1. The van der Waals surface area contributed by atoms with Crippen molar-refractivity contribution in [2.24, 2.45) is 0 Å². The van der Waals surface area contributed by atoms with E-state index in [0.717, 1.165) is 32.1 Å². The molecule has 0 fully saturated rings. The van der Waals surface area contributed by atoms with Gasteiger partial charge in [-0.25, -0.2) is 0 Å². The Hall–Kier alpha value is -1.13. The first-order valence-corrected chi connectivity index (χ1v) is 27.6. The van der Waals surface area contributed by atoms with Crippen LogP contribution in [-0.2, 0) is 4.79 Å². The number of carbonyl (C=O) groups excluding carboxylic acids is 1. The second-order valence-corrected chi connectivity index (χ2v) is 19.0. The summed E-state index contributed by atoms with van der Waals surface area (Å²) in [4.78, 5) is 12.4. The number of unbranched alkanes of at least 4 members (excludes halogenated alkanes) is 42. The average Bonchev–Trinajstić information content (AvgIpc) is 3.25. The van der Waals surface area contributed by atoms with Crippen molar-refractivity contribution in [1.29, 1.82) is 0 Å². The third-order valence-electron chi connectivity index (χ3n) is 12.9. The number of hydrogen-bond acceptors (Lipinski definition) is 3. The third kappa shape index (κ3) is 47.9. The van der Waals surface area contributed by atoms with Gasteiger partial charge in [0.2, 0.25) is 5.91 Å². The summed E-state index contributed by atoms with van der Waals surface area (Å²) in [5, 5.41) is 23.0. The first kappa shape index (κ1) is 58.9. The van der Waals surface area contributed by atoms with E-state index in [0.29, 0.717) is 6.42 Å². The summed E-state index contributed by atoms with van der Waals surface area (Å²) in [5.41, 5.74) is 0. The van der Waals surface area contributed by atoms with Gasteiger partial charge in [0.15, 0.2) is 0 Å². The first-order valence-electron chi connectivity index (χ1n) is 27.6. The number of hydrogen-bond donors (Lipinski definition) is 3. The Balaban J connectivity index is 3.34. The highest BCUT2D eigenvalue weighted by atomic mass is 16.3. The van der Waals surface area contributed by atoms with Crippen molar-refractivity contribution in [3.8, 4) is 0 Å². The van der Waals surface area contributed by atoms with Gasteiger partial charge in [0.1, 0.15) is 0 Å². The molecule has 0 aromatic heterocycles. The molecule has 0 saturated heterocycles. The number of rotatable bonds is 51. The Bertz CT molecular complexity index is 871. The molecule has 4 heteroatoms. The minimum atomic E-state index is -0.857. The summed E-state index contributed by atoms with van der Waals surface area (Å²) in [7, 11) is 0. The molecule has 0 aromatic rings. The quantitative estimate of drug-likeness (QED) is 0.0422. The molecule has 0 aliphatic rings. The molecule has 0 radical (unpaired) electrons. The smallest absolute Gasteiger partial charge is 0.220 e. The van der Waals surface area contributed by atoms with Gasteiger partial charge in [-0.3, -0.25) is 4.79 Å². The van der Waals surface area contributed by atoms with Crippen molar-refractivity contribution in [3.05, 3.63) is 24.3 Å². The molecule has 0 aliphatic carbocycles. The molecule has 1 amide bonds. The molecular formula is C56H109NO3.